The molecule has 0 heterocycles. The van der Waals surface area contributed by atoms with E-state index in [1.807, 2.05) is 74.5 Å². The van der Waals surface area contributed by atoms with Crippen LogP contribution in [0.3, 0.4) is 0 Å². The summed E-state index contributed by atoms with van der Waals surface area (Å²) in [7, 11) is 1.30. The van der Waals surface area contributed by atoms with Crippen molar-refractivity contribution < 1.29 is 19.1 Å². The van der Waals surface area contributed by atoms with Crippen molar-refractivity contribution in [3.8, 4) is 0 Å². The molecule has 0 spiro atoms. The minimum atomic E-state index is -1.07. The van der Waals surface area contributed by atoms with Crippen molar-refractivity contribution >= 4 is 17.8 Å². The average Bonchev–Trinajstić information content (AvgIpc) is 3.58. The molecule has 7 heteroatoms. The summed E-state index contributed by atoms with van der Waals surface area (Å²) in [5.41, 5.74) is 7.11. The van der Waals surface area contributed by atoms with Gasteiger partial charge in [-0.05, 0) is 42.2 Å². The Balaban J connectivity index is 1.68. The second-order valence-corrected chi connectivity index (χ2v) is 9.38. The summed E-state index contributed by atoms with van der Waals surface area (Å²) in [6, 6.07) is 17.7. The summed E-state index contributed by atoms with van der Waals surface area (Å²) in [4.78, 5) is 38.8. The number of nitrogens with one attached hydrogen (secondary N) is 2. The molecule has 1 fully saturated rings. The van der Waals surface area contributed by atoms with Crippen molar-refractivity contribution in [3.05, 3.63) is 71.8 Å². The molecule has 34 heavy (non-hydrogen) atoms. The number of carbonyl (C=O) groups excluding carboxylic acids is 3. The van der Waals surface area contributed by atoms with Crippen molar-refractivity contribution in [2.24, 2.45) is 17.6 Å². The van der Waals surface area contributed by atoms with E-state index in [1.165, 1.54) is 7.11 Å². The fraction of sp³-hybridized carbons (Fsp3) is 0.444. The number of amides is 2. The second-order valence-electron chi connectivity index (χ2n) is 9.38. The van der Waals surface area contributed by atoms with Crippen LogP contribution in [0.4, 0.5) is 0 Å². The van der Waals surface area contributed by atoms with Crippen LogP contribution in [-0.2, 0) is 32.0 Å². The van der Waals surface area contributed by atoms with Crippen LogP contribution in [0.15, 0.2) is 60.7 Å². The molecule has 7 nitrogen and oxygen atoms in total. The van der Waals surface area contributed by atoms with Gasteiger partial charge in [-0.25, -0.2) is 4.79 Å². The van der Waals surface area contributed by atoms with E-state index in [4.69, 9.17) is 10.5 Å². The van der Waals surface area contributed by atoms with Gasteiger partial charge in [-0.15, -0.1) is 0 Å². The number of nitrogens with two attached hydrogens (primary N) is 1. The van der Waals surface area contributed by atoms with E-state index >= 15 is 0 Å². The molecule has 1 saturated carbocycles. The van der Waals surface area contributed by atoms with Crippen molar-refractivity contribution in [2.75, 3.05) is 7.11 Å². The van der Waals surface area contributed by atoms with E-state index in [-0.39, 0.29) is 23.7 Å². The summed E-state index contributed by atoms with van der Waals surface area (Å²) >= 11 is 0. The number of hydrogen-bond donors (Lipinski definition) is 3. The number of aryl methyl sites for hydroxylation is 1. The Morgan fingerprint density at radius 2 is 1.62 bits per heavy atom. The highest BCUT2D eigenvalue weighted by Gasteiger charge is 2.62. The van der Waals surface area contributed by atoms with Gasteiger partial charge >= 0.3 is 5.97 Å². The van der Waals surface area contributed by atoms with Crippen molar-refractivity contribution in [1.82, 2.24) is 10.6 Å². The first kappa shape index (κ1) is 25.4. The van der Waals surface area contributed by atoms with Crippen LogP contribution in [0.25, 0.3) is 0 Å². The third-order valence-electron chi connectivity index (χ3n) is 6.57. The van der Waals surface area contributed by atoms with Gasteiger partial charge in [0.25, 0.3) is 0 Å². The van der Waals surface area contributed by atoms with Crippen LogP contribution in [0.1, 0.15) is 37.8 Å². The van der Waals surface area contributed by atoms with Crippen LogP contribution in [0, 0.1) is 11.8 Å². The minimum absolute atomic E-state index is 0.0344. The van der Waals surface area contributed by atoms with E-state index in [0.717, 1.165) is 11.1 Å². The van der Waals surface area contributed by atoms with Gasteiger partial charge < -0.3 is 21.1 Å². The van der Waals surface area contributed by atoms with Gasteiger partial charge in [-0.3, -0.25) is 9.59 Å². The third-order valence-corrected chi connectivity index (χ3v) is 6.57. The Labute approximate surface area is 201 Å². The van der Waals surface area contributed by atoms with E-state index in [0.29, 0.717) is 25.7 Å². The lowest BCUT2D eigenvalue weighted by Crippen LogP contribution is -2.58. The van der Waals surface area contributed by atoms with Crippen LogP contribution < -0.4 is 16.4 Å². The first-order valence-electron chi connectivity index (χ1n) is 11.8. The maximum absolute atomic E-state index is 13.4. The molecule has 1 unspecified atom stereocenters. The highest BCUT2D eigenvalue weighted by atomic mass is 16.5. The molecule has 0 radical (unpaired) electrons. The molecule has 2 amide bonds. The highest BCUT2D eigenvalue weighted by molar-refractivity contribution is 5.98. The molecule has 0 aromatic heterocycles. The molecule has 1 aliphatic rings. The molecular weight excluding hydrogens is 430 g/mol. The summed E-state index contributed by atoms with van der Waals surface area (Å²) in [5, 5.41) is 5.77. The number of rotatable bonds is 11. The van der Waals surface area contributed by atoms with E-state index < -0.39 is 23.6 Å². The van der Waals surface area contributed by atoms with Crippen LogP contribution >= 0.6 is 0 Å². The van der Waals surface area contributed by atoms with E-state index in [2.05, 4.69) is 10.6 Å². The molecule has 1 aliphatic carbocycles. The first-order valence-corrected chi connectivity index (χ1v) is 11.8. The zero-order valence-electron chi connectivity index (χ0n) is 20.1. The van der Waals surface area contributed by atoms with Gasteiger partial charge in [0, 0.05) is 6.42 Å². The van der Waals surface area contributed by atoms with E-state index in [9.17, 15) is 14.4 Å². The number of benzene rings is 2. The molecule has 182 valence electrons. The number of ether oxygens (including phenoxy) is 1. The summed E-state index contributed by atoms with van der Waals surface area (Å²) in [6.07, 6.45) is 1.95. The molecule has 2 aromatic rings. The van der Waals surface area contributed by atoms with Gasteiger partial charge in [0.15, 0.2) is 0 Å². The summed E-state index contributed by atoms with van der Waals surface area (Å²) in [5.74, 6) is -1.11. The fourth-order valence-electron chi connectivity index (χ4n) is 4.44. The summed E-state index contributed by atoms with van der Waals surface area (Å²) < 4.78 is 4.93. The zero-order chi connectivity index (χ0) is 24.7. The normalized spacial score (nSPS) is 20.8. The Bertz CT molecular complexity index is 980. The number of methoxy groups -OCH3 is 1. The highest BCUT2D eigenvalue weighted by Crippen LogP contribution is 2.48. The van der Waals surface area contributed by atoms with Gasteiger partial charge in [-0.2, -0.15) is 0 Å². The SMILES string of the molecule is COC(=O)[C@H](Cc1ccccc1)NC(=O)[C@@]1(NC(=O)[C@@H](N)CCc2ccccc2)CC1C(C)C. The van der Waals surface area contributed by atoms with Crippen LogP contribution in [0.5, 0.6) is 0 Å². The Kier molecular flexibility index (Phi) is 8.45. The van der Waals surface area contributed by atoms with Gasteiger partial charge in [0.05, 0.1) is 13.2 Å². The lowest BCUT2D eigenvalue weighted by Gasteiger charge is -2.25. The molecule has 2 aromatic carbocycles. The van der Waals surface area contributed by atoms with Gasteiger partial charge in [0.1, 0.15) is 11.6 Å². The predicted octanol–water partition coefficient (Wildman–Crippen LogP) is 2.38. The van der Waals surface area contributed by atoms with Crippen LogP contribution in [0.2, 0.25) is 0 Å². The third kappa shape index (κ3) is 6.23. The maximum atomic E-state index is 13.4. The Morgan fingerprint density at radius 1 is 1.03 bits per heavy atom. The molecule has 0 aliphatic heterocycles. The first-order chi connectivity index (χ1) is 16.3. The largest absolute Gasteiger partial charge is 0.467 e. The molecule has 4 N–H and O–H groups in total. The Morgan fingerprint density at radius 3 is 2.15 bits per heavy atom. The van der Waals surface area contributed by atoms with Crippen molar-refractivity contribution in [3.63, 3.8) is 0 Å². The molecule has 0 bridgehead atoms. The molecule has 3 rings (SSSR count). The summed E-state index contributed by atoms with van der Waals surface area (Å²) in [6.45, 7) is 4.03. The molecule has 4 atom stereocenters. The quantitative estimate of drug-likeness (QED) is 0.441. The average molecular weight is 466 g/mol. The lowest BCUT2D eigenvalue weighted by atomic mass is 10.00. The van der Waals surface area contributed by atoms with Crippen molar-refractivity contribution in [2.45, 2.75) is 57.2 Å². The topological polar surface area (TPSA) is 111 Å². The monoisotopic (exact) mass is 465 g/mol. The van der Waals surface area contributed by atoms with E-state index in [1.54, 1.807) is 0 Å². The smallest absolute Gasteiger partial charge is 0.328 e. The fourth-order valence-corrected chi connectivity index (χ4v) is 4.44. The van der Waals surface area contributed by atoms with Gasteiger partial charge in [0.2, 0.25) is 11.8 Å². The zero-order valence-corrected chi connectivity index (χ0v) is 20.1. The number of esters is 1. The second kappa shape index (κ2) is 11.3. The number of hydrogen-bond acceptors (Lipinski definition) is 5. The molecule has 0 saturated heterocycles. The van der Waals surface area contributed by atoms with Crippen molar-refractivity contribution in [1.29, 1.82) is 0 Å². The van der Waals surface area contributed by atoms with Gasteiger partial charge in [-0.1, -0.05) is 74.5 Å². The maximum Gasteiger partial charge on any atom is 0.328 e. The lowest BCUT2D eigenvalue weighted by molar-refractivity contribution is -0.145. The standard InChI is InChI=1S/C27H35N3O4/c1-18(2)21-17-27(21,30-24(31)22(28)15-14-19-10-6-4-7-11-19)26(33)29-23(25(32)34-3)16-20-12-8-5-9-13-20/h4-13,18,21-23H,14-17,28H2,1-3H3,(H,29,33)(H,30,31)/t21?,22-,23-,27+/m0/s1. The molecular formula is C27H35N3O4. The minimum Gasteiger partial charge on any atom is -0.467 e. The number of carbonyl (C=O) groups is 3. The predicted molar refractivity (Wildman–Crippen MR) is 131 cm³/mol. The Hall–Kier alpha value is -3.19. The van der Waals surface area contributed by atoms with Crippen LogP contribution in [-0.4, -0.2) is 42.5 Å².